The van der Waals surface area contributed by atoms with Gasteiger partial charge in [0.1, 0.15) is 0 Å². The summed E-state index contributed by atoms with van der Waals surface area (Å²) in [5.74, 6) is 1.90. The third-order valence-corrected chi connectivity index (χ3v) is 9.40. The predicted molar refractivity (Wildman–Crippen MR) is 186 cm³/mol. The van der Waals surface area contributed by atoms with Crippen molar-refractivity contribution in [2.75, 3.05) is 32.8 Å². The molecule has 3 heteroatoms. The number of nitrogens with zero attached hydrogens (tertiary/aromatic N) is 1. The van der Waals surface area contributed by atoms with Crippen LogP contribution in [0.4, 0.5) is 0 Å². The van der Waals surface area contributed by atoms with E-state index in [9.17, 15) is 0 Å². The number of hydrogen-bond donors (Lipinski definition) is 2. The van der Waals surface area contributed by atoms with Crippen molar-refractivity contribution in [1.29, 1.82) is 0 Å². The van der Waals surface area contributed by atoms with Crippen LogP contribution in [0.3, 0.4) is 0 Å². The first kappa shape index (κ1) is 40.9. The first-order valence-electron chi connectivity index (χ1n) is 19.2. The molecule has 0 saturated carbocycles. The summed E-state index contributed by atoms with van der Waals surface area (Å²) in [7, 11) is 0. The van der Waals surface area contributed by atoms with E-state index in [1.165, 1.54) is 187 Å². The lowest BCUT2D eigenvalue weighted by Crippen LogP contribution is -2.28. The highest BCUT2D eigenvalue weighted by Gasteiger charge is 2.13. The Morgan fingerprint density at radius 1 is 0.488 bits per heavy atom. The lowest BCUT2D eigenvalue weighted by molar-refractivity contribution is 0.257. The minimum Gasteiger partial charge on any atom is -0.396 e. The van der Waals surface area contributed by atoms with Crippen LogP contribution >= 0.6 is 0 Å². The van der Waals surface area contributed by atoms with Gasteiger partial charge in [0, 0.05) is 6.61 Å². The number of hydrogen-bond acceptors (Lipinski definition) is 3. The summed E-state index contributed by atoms with van der Waals surface area (Å²) in [4.78, 5) is 2.68. The van der Waals surface area contributed by atoms with Gasteiger partial charge in [-0.3, -0.25) is 0 Å². The van der Waals surface area contributed by atoms with Crippen molar-refractivity contribution in [1.82, 2.24) is 4.90 Å². The molecule has 0 aliphatic heterocycles. The van der Waals surface area contributed by atoms with Gasteiger partial charge >= 0.3 is 0 Å². The maximum Gasteiger partial charge on any atom is 0.0431 e. The number of rotatable bonds is 35. The van der Waals surface area contributed by atoms with Gasteiger partial charge in [0.15, 0.2) is 0 Å². The van der Waals surface area contributed by atoms with Gasteiger partial charge in [0.2, 0.25) is 0 Å². The second kappa shape index (κ2) is 34.4. The molecule has 41 heavy (non-hydrogen) atoms. The summed E-state index contributed by atoms with van der Waals surface area (Å²) in [6.45, 7) is 12.1. The molecule has 1 unspecified atom stereocenters. The topological polar surface area (TPSA) is 49.5 Å². The SMILES string of the molecule is CCCCCCCCC(CCCCCCCC)CC(C)CCCCCCCN(CCCN)CCCCCCCCO. The summed E-state index contributed by atoms with van der Waals surface area (Å²) in [6, 6.07) is 0. The zero-order valence-electron chi connectivity index (χ0n) is 29.0. The quantitative estimate of drug-likeness (QED) is 0.0733. The average Bonchev–Trinajstić information content (AvgIpc) is 2.97. The van der Waals surface area contributed by atoms with E-state index in [4.69, 9.17) is 10.8 Å². The van der Waals surface area contributed by atoms with Crippen LogP contribution in [0.2, 0.25) is 0 Å². The maximum absolute atomic E-state index is 8.92. The Balaban J connectivity index is 4.08. The normalized spacial score (nSPS) is 12.7. The van der Waals surface area contributed by atoms with Crippen LogP contribution in [0.15, 0.2) is 0 Å². The molecule has 0 bridgehead atoms. The smallest absolute Gasteiger partial charge is 0.0431 e. The second-order valence-electron chi connectivity index (χ2n) is 13.7. The van der Waals surface area contributed by atoms with E-state index in [1.54, 1.807) is 0 Å². The molecule has 0 saturated heterocycles. The Bertz CT molecular complexity index is 455. The minimum atomic E-state index is 0.352. The van der Waals surface area contributed by atoms with Gasteiger partial charge in [-0.15, -0.1) is 0 Å². The molecule has 3 nitrogen and oxygen atoms in total. The van der Waals surface area contributed by atoms with E-state index >= 15 is 0 Å². The van der Waals surface area contributed by atoms with Crippen molar-refractivity contribution in [3.8, 4) is 0 Å². The third kappa shape index (κ3) is 31.1. The van der Waals surface area contributed by atoms with Crippen molar-refractivity contribution in [2.45, 2.75) is 201 Å². The molecular weight excluding hydrogens is 500 g/mol. The standard InChI is InChI=1S/C38H80N2O/c1-4-6-8-10-16-22-29-38(30-23-17-11-9-7-5-2)36-37(3)28-21-15-14-19-25-33-40(34-27-31-39)32-24-18-12-13-20-26-35-41/h37-38,41H,4-36,39H2,1-3H3. The Morgan fingerprint density at radius 3 is 1.34 bits per heavy atom. The van der Waals surface area contributed by atoms with Gasteiger partial charge in [0.05, 0.1) is 0 Å². The Hall–Kier alpha value is -0.120. The zero-order valence-corrected chi connectivity index (χ0v) is 29.0. The van der Waals surface area contributed by atoms with Crippen molar-refractivity contribution < 1.29 is 5.11 Å². The molecule has 0 aromatic carbocycles. The van der Waals surface area contributed by atoms with Crippen LogP contribution in [-0.4, -0.2) is 42.8 Å². The number of nitrogens with two attached hydrogens (primary N) is 1. The molecule has 248 valence electrons. The fraction of sp³-hybridized carbons (Fsp3) is 1.00. The largest absolute Gasteiger partial charge is 0.396 e. The molecule has 0 amide bonds. The summed E-state index contributed by atoms with van der Waals surface area (Å²) in [5, 5.41) is 8.92. The van der Waals surface area contributed by atoms with Crippen LogP contribution in [0.25, 0.3) is 0 Å². The van der Waals surface area contributed by atoms with Gasteiger partial charge in [-0.2, -0.15) is 0 Å². The van der Waals surface area contributed by atoms with Gasteiger partial charge in [-0.25, -0.2) is 0 Å². The van der Waals surface area contributed by atoms with Gasteiger partial charge in [-0.1, -0.05) is 168 Å². The summed E-state index contributed by atoms with van der Waals surface area (Å²) < 4.78 is 0. The van der Waals surface area contributed by atoms with E-state index in [0.717, 1.165) is 31.2 Å². The molecule has 3 N–H and O–H groups in total. The van der Waals surface area contributed by atoms with Crippen LogP contribution < -0.4 is 5.73 Å². The molecule has 0 aromatic rings. The minimum absolute atomic E-state index is 0.352. The highest BCUT2D eigenvalue weighted by Crippen LogP contribution is 2.28. The Kier molecular flexibility index (Phi) is 34.3. The molecular formula is C38H80N2O. The molecule has 0 fully saturated rings. The number of unbranched alkanes of at least 4 members (excludes halogenated alkanes) is 19. The lowest BCUT2D eigenvalue weighted by Gasteiger charge is -2.22. The van der Waals surface area contributed by atoms with Gasteiger partial charge in [-0.05, 0) is 70.1 Å². The van der Waals surface area contributed by atoms with Gasteiger partial charge in [0.25, 0.3) is 0 Å². The molecule has 0 radical (unpaired) electrons. The van der Waals surface area contributed by atoms with Crippen LogP contribution in [0.1, 0.15) is 201 Å². The molecule has 0 rings (SSSR count). The lowest BCUT2D eigenvalue weighted by atomic mass is 9.85. The van der Waals surface area contributed by atoms with Crippen molar-refractivity contribution in [2.24, 2.45) is 17.6 Å². The van der Waals surface area contributed by atoms with Crippen molar-refractivity contribution in [3.05, 3.63) is 0 Å². The highest BCUT2D eigenvalue weighted by molar-refractivity contribution is 4.66. The first-order chi connectivity index (χ1) is 20.2. The second-order valence-corrected chi connectivity index (χ2v) is 13.7. The summed E-state index contributed by atoms with van der Waals surface area (Å²) >= 11 is 0. The number of aliphatic hydroxyl groups excluding tert-OH is 1. The fourth-order valence-electron chi connectivity index (χ4n) is 6.66. The van der Waals surface area contributed by atoms with E-state index in [0.29, 0.717) is 6.61 Å². The van der Waals surface area contributed by atoms with Crippen LogP contribution in [0.5, 0.6) is 0 Å². The Morgan fingerprint density at radius 2 is 0.878 bits per heavy atom. The first-order valence-corrected chi connectivity index (χ1v) is 19.2. The summed E-state index contributed by atoms with van der Waals surface area (Å²) in [6.07, 6.45) is 38.8. The Labute approximate surface area is 260 Å². The molecule has 1 atom stereocenters. The molecule has 0 spiro atoms. The predicted octanol–water partition coefficient (Wildman–Crippen LogP) is 11.5. The zero-order chi connectivity index (χ0) is 30.1. The highest BCUT2D eigenvalue weighted by atomic mass is 16.2. The van der Waals surface area contributed by atoms with E-state index in [1.807, 2.05) is 0 Å². The van der Waals surface area contributed by atoms with Crippen molar-refractivity contribution in [3.63, 3.8) is 0 Å². The van der Waals surface area contributed by atoms with Crippen LogP contribution in [0, 0.1) is 11.8 Å². The monoisotopic (exact) mass is 581 g/mol. The summed E-state index contributed by atoms with van der Waals surface area (Å²) in [5.41, 5.74) is 5.81. The van der Waals surface area contributed by atoms with Crippen molar-refractivity contribution >= 4 is 0 Å². The third-order valence-electron chi connectivity index (χ3n) is 9.40. The molecule has 0 heterocycles. The molecule has 0 aromatic heterocycles. The van der Waals surface area contributed by atoms with Gasteiger partial charge < -0.3 is 15.7 Å². The number of aliphatic hydroxyl groups is 1. The molecule has 0 aliphatic carbocycles. The molecule has 0 aliphatic rings. The van der Waals surface area contributed by atoms with E-state index in [2.05, 4.69) is 25.7 Å². The average molecular weight is 581 g/mol. The maximum atomic E-state index is 8.92. The van der Waals surface area contributed by atoms with E-state index in [-0.39, 0.29) is 0 Å². The van der Waals surface area contributed by atoms with Crippen LogP contribution in [-0.2, 0) is 0 Å². The van der Waals surface area contributed by atoms with E-state index < -0.39 is 0 Å². The fourth-order valence-corrected chi connectivity index (χ4v) is 6.66.